The summed E-state index contributed by atoms with van der Waals surface area (Å²) >= 11 is 0. The Kier molecular flexibility index (Phi) is 8.05. The van der Waals surface area contributed by atoms with E-state index in [-0.39, 0.29) is 37.4 Å². The Bertz CT molecular complexity index is 997. The molecule has 0 spiro atoms. The van der Waals surface area contributed by atoms with E-state index in [1.807, 2.05) is 62.4 Å². The van der Waals surface area contributed by atoms with Gasteiger partial charge in [-0.1, -0.05) is 36.4 Å². The number of hydrogen-bond acceptors (Lipinski definition) is 5. The van der Waals surface area contributed by atoms with E-state index < -0.39 is 18.0 Å². The van der Waals surface area contributed by atoms with Gasteiger partial charge < -0.3 is 27.0 Å². The molecule has 8 heteroatoms. The van der Waals surface area contributed by atoms with Crippen molar-refractivity contribution < 1.29 is 15.8 Å². The van der Waals surface area contributed by atoms with Gasteiger partial charge in [0.15, 0.2) is 0 Å². The predicted octanol–water partition coefficient (Wildman–Crippen LogP) is 1.16. The number of hydrogen-bond donors (Lipinski definition) is 5. The second-order valence-corrected chi connectivity index (χ2v) is 8.54. The maximum Gasteiger partial charge on any atom is 0.246 e. The first-order valence-corrected chi connectivity index (χ1v) is 11.2. The number of nitrogens with two attached hydrogens (primary N) is 1. The molecular weight excluding hydrogens is 418 g/mol. The van der Waals surface area contributed by atoms with Crippen molar-refractivity contribution in [2.24, 2.45) is 5.73 Å². The fourth-order valence-electron chi connectivity index (χ4n) is 4.02. The summed E-state index contributed by atoms with van der Waals surface area (Å²) in [6, 6.07) is 13.7. The van der Waals surface area contributed by atoms with Crippen LogP contribution in [0.15, 0.2) is 48.5 Å². The smallest absolute Gasteiger partial charge is 0.246 e. The molecule has 6 N–H and O–H groups in total. The van der Waals surface area contributed by atoms with Crippen molar-refractivity contribution in [3.63, 3.8) is 0 Å². The van der Waals surface area contributed by atoms with Crippen LogP contribution in [0.1, 0.15) is 29.5 Å². The van der Waals surface area contributed by atoms with Gasteiger partial charge in [-0.2, -0.15) is 0 Å². The zero-order valence-electron chi connectivity index (χ0n) is 20.1. The van der Waals surface area contributed by atoms with Crippen LogP contribution in [0.25, 0.3) is 0 Å². The van der Waals surface area contributed by atoms with Crippen LogP contribution >= 0.6 is 0 Å². The number of benzene rings is 2. The maximum absolute atomic E-state index is 13.2. The molecule has 2 aromatic rings. The van der Waals surface area contributed by atoms with E-state index in [2.05, 4.69) is 16.0 Å². The first kappa shape index (κ1) is 22.9. The van der Waals surface area contributed by atoms with Crippen LogP contribution in [0.2, 0.25) is 1.41 Å². The Labute approximate surface area is 196 Å². The Morgan fingerprint density at radius 2 is 1.85 bits per heavy atom. The molecule has 0 aliphatic carbocycles. The molecule has 0 saturated carbocycles. The third kappa shape index (κ3) is 7.40. The summed E-state index contributed by atoms with van der Waals surface area (Å²) in [6.45, 7) is 3.99. The minimum atomic E-state index is -0.778. The number of aryl methyl sites for hydroxylation is 3. The van der Waals surface area contributed by atoms with Gasteiger partial charge in [0.05, 0.1) is 12.6 Å². The van der Waals surface area contributed by atoms with Crippen molar-refractivity contribution in [3.8, 4) is 0 Å². The van der Waals surface area contributed by atoms with Gasteiger partial charge in [-0.3, -0.25) is 14.4 Å². The van der Waals surface area contributed by atoms with E-state index in [0.29, 0.717) is 18.5 Å². The first-order valence-electron chi connectivity index (χ1n) is 11.7. The molecule has 1 aliphatic heterocycles. The van der Waals surface area contributed by atoms with Gasteiger partial charge in [-0.25, -0.2) is 0 Å². The molecule has 33 heavy (non-hydrogen) atoms. The van der Waals surface area contributed by atoms with E-state index in [4.69, 9.17) is 7.15 Å². The number of rotatable bonds is 9. The summed E-state index contributed by atoms with van der Waals surface area (Å²) in [5, 5.41) is 9.64. The first-order chi connectivity index (χ1) is 16.2. The monoisotopic (exact) mass is 452 g/mol. The van der Waals surface area contributed by atoms with Crippen molar-refractivity contribution in [3.05, 3.63) is 65.2 Å². The zero-order valence-corrected chi connectivity index (χ0v) is 19.1. The molecule has 176 valence electrons. The molecule has 1 heterocycles. The molecule has 0 aromatic heterocycles. The normalized spacial score (nSPS) is 19.4. The van der Waals surface area contributed by atoms with Gasteiger partial charge in [0.25, 0.3) is 0 Å². The molecule has 0 radical (unpaired) electrons. The fraction of sp³-hybridized carbons (Fsp3) is 0.400. The summed E-state index contributed by atoms with van der Waals surface area (Å²) in [4.78, 5) is 37.8. The molecule has 0 unspecified atom stereocenters. The SMILES string of the molecule is [2H]N1C[C@H](NC(=O)CN)C[C@H]1C(=O)N[C@@H](CCc1ccccc1)C(=O)Nc1cc(C)cc(C)c1. The summed E-state index contributed by atoms with van der Waals surface area (Å²) in [6.07, 6.45) is 1.30. The van der Waals surface area contributed by atoms with Gasteiger partial charge in [0.2, 0.25) is 17.7 Å². The highest BCUT2D eigenvalue weighted by Gasteiger charge is 2.32. The van der Waals surface area contributed by atoms with E-state index >= 15 is 0 Å². The van der Waals surface area contributed by atoms with E-state index in [9.17, 15) is 14.4 Å². The summed E-state index contributed by atoms with van der Waals surface area (Å²) < 4.78 is 8.16. The van der Waals surface area contributed by atoms with Crippen LogP contribution in [0.4, 0.5) is 5.69 Å². The van der Waals surface area contributed by atoms with Gasteiger partial charge in [-0.15, -0.1) is 0 Å². The lowest BCUT2D eigenvalue weighted by molar-refractivity contribution is -0.127. The average molecular weight is 453 g/mol. The minimum Gasteiger partial charge on any atom is -0.351 e. The molecule has 1 fully saturated rings. The highest BCUT2D eigenvalue weighted by molar-refractivity contribution is 5.98. The lowest BCUT2D eigenvalue weighted by Crippen LogP contribution is -2.50. The molecule has 8 nitrogen and oxygen atoms in total. The Balaban J connectivity index is 1.70. The second-order valence-electron chi connectivity index (χ2n) is 8.54. The van der Waals surface area contributed by atoms with Crippen molar-refractivity contribution in [1.82, 2.24) is 15.9 Å². The second kappa shape index (κ2) is 11.6. The van der Waals surface area contributed by atoms with Crippen LogP contribution in [-0.2, 0) is 20.8 Å². The fourth-order valence-corrected chi connectivity index (χ4v) is 4.02. The number of carbonyl (C=O) groups excluding carboxylic acids is 3. The summed E-state index contributed by atoms with van der Waals surface area (Å²) in [7, 11) is 0. The predicted molar refractivity (Wildman–Crippen MR) is 129 cm³/mol. The van der Waals surface area contributed by atoms with Crippen molar-refractivity contribution in [1.29, 1.82) is 0 Å². The van der Waals surface area contributed by atoms with Gasteiger partial charge in [-0.05, 0) is 61.9 Å². The standard InChI is InChI=1S/C25H33N5O3/c1-16-10-17(2)12-19(11-16)29-24(32)21(9-8-18-6-4-3-5-7-18)30-25(33)22-13-20(15-27-22)28-23(31)14-26/h3-7,10-12,20-22,27H,8-9,13-15,26H2,1-2H3,(H,28,31)(H,29,32)(H,30,33)/t20-,21+,22+/m1/s1/i/hD. The minimum absolute atomic E-state index is 0.147. The van der Waals surface area contributed by atoms with Crippen molar-refractivity contribution in [2.75, 3.05) is 18.4 Å². The van der Waals surface area contributed by atoms with Crippen LogP contribution in [0, 0.1) is 13.8 Å². The van der Waals surface area contributed by atoms with Crippen molar-refractivity contribution in [2.45, 2.75) is 51.2 Å². The number of carbonyl (C=O) groups is 3. The average Bonchev–Trinajstić information content (AvgIpc) is 3.16. The van der Waals surface area contributed by atoms with E-state index in [0.717, 1.165) is 22.0 Å². The van der Waals surface area contributed by atoms with Crippen LogP contribution in [-0.4, -0.2) is 48.9 Å². The maximum atomic E-state index is 13.2. The molecule has 3 amide bonds. The number of nitrogens with one attached hydrogen (secondary N) is 4. The Morgan fingerprint density at radius 1 is 1.15 bits per heavy atom. The third-order valence-electron chi connectivity index (χ3n) is 5.59. The molecule has 0 bridgehead atoms. The zero-order chi connectivity index (χ0) is 24.7. The van der Waals surface area contributed by atoms with Gasteiger partial charge in [0.1, 0.15) is 7.45 Å². The number of amides is 3. The van der Waals surface area contributed by atoms with Gasteiger partial charge >= 0.3 is 0 Å². The quantitative estimate of drug-likeness (QED) is 0.391. The summed E-state index contributed by atoms with van der Waals surface area (Å²) in [5.74, 6) is -1.04. The number of anilines is 1. The topological polar surface area (TPSA) is 125 Å². The molecule has 2 aromatic carbocycles. The molecule has 1 aliphatic rings. The molecule has 3 atom stereocenters. The van der Waals surface area contributed by atoms with Crippen LogP contribution < -0.4 is 27.0 Å². The van der Waals surface area contributed by atoms with Crippen LogP contribution in [0.3, 0.4) is 0 Å². The van der Waals surface area contributed by atoms with Crippen LogP contribution in [0.5, 0.6) is 0 Å². The molecule has 1 saturated heterocycles. The third-order valence-corrected chi connectivity index (χ3v) is 5.59. The largest absolute Gasteiger partial charge is 0.351 e. The summed E-state index contributed by atoms with van der Waals surface area (Å²) in [5.41, 5.74) is 9.14. The lowest BCUT2D eigenvalue weighted by Gasteiger charge is -2.21. The highest BCUT2D eigenvalue weighted by Crippen LogP contribution is 2.15. The van der Waals surface area contributed by atoms with E-state index in [1.165, 1.54) is 0 Å². The molecule has 3 rings (SSSR count). The Morgan fingerprint density at radius 3 is 2.52 bits per heavy atom. The highest BCUT2D eigenvalue weighted by atomic mass is 16.2. The van der Waals surface area contributed by atoms with Crippen molar-refractivity contribution >= 4 is 23.4 Å². The van der Waals surface area contributed by atoms with Gasteiger partial charge in [0, 0.05) is 18.3 Å². The molecular formula is C25H33N5O3. The Hall–Kier alpha value is -3.23. The lowest BCUT2D eigenvalue weighted by atomic mass is 10.0. The van der Waals surface area contributed by atoms with E-state index in [1.54, 1.807) is 0 Å².